The highest BCUT2D eigenvalue weighted by Crippen LogP contribution is 2.34. The molecule has 1 aromatic heterocycles. The SMILES string of the molecule is NC[C@H]1CC[C@H](c2nc3ccccc3[nH]2)CC1. The van der Waals surface area contributed by atoms with E-state index in [1.54, 1.807) is 0 Å². The van der Waals surface area contributed by atoms with E-state index < -0.39 is 0 Å². The second kappa shape index (κ2) is 4.49. The Hall–Kier alpha value is -1.35. The molecule has 1 heterocycles. The van der Waals surface area contributed by atoms with Crippen molar-refractivity contribution in [3.8, 4) is 0 Å². The van der Waals surface area contributed by atoms with Crippen molar-refractivity contribution in [1.82, 2.24) is 9.97 Å². The maximum Gasteiger partial charge on any atom is 0.110 e. The van der Waals surface area contributed by atoms with E-state index in [4.69, 9.17) is 10.7 Å². The molecule has 90 valence electrons. The smallest absolute Gasteiger partial charge is 0.110 e. The lowest BCUT2D eigenvalue weighted by molar-refractivity contribution is 0.326. The number of para-hydroxylation sites is 2. The van der Waals surface area contributed by atoms with Crippen molar-refractivity contribution in [2.45, 2.75) is 31.6 Å². The first kappa shape index (κ1) is 10.8. The molecule has 0 spiro atoms. The van der Waals surface area contributed by atoms with E-state index in [9.17, 15) is 0 Å². The number of aromatic nitrogens is 2. The van der Waals surface area contributed by atoms with Gasteiger partial charge in [-0.05, 0) is 50.3 Å². The molecule has 0 saturated heterocycles. The fourth-order valence-corrected chi connectivity index (χ4v) is 2.84. The average Bonchev–Trinajstić information content (AvgIpc) is 2.82. The van der Waals surface area contributed by atoms with Gasteiger partial charge in [-0.3, -0.25) is 0 Å². The van der Waals surface area contributed by atoms with Crippen LogP contribution in [0.3, 0.4) is 0 Å². The number of nitrogens with one attached hydrogen (secondary N) is 1. The van der Waals surface area contributed by atoms with Crippen molar-refractivity contribution in [1.29, 1.82) is 0 Å². The summed E-state index contributed by atoms with van der Waals surface area (Å²) in [6, 6.07) is 8.26. The van der Waals surface area contributed by atoms with Crippen molar-refractivity contribution in [3.63, 3.8) is 0 Å². The lowest BCUT2D eigenvalue weighted by Crippen LogP contribution is -2.21. The van der Waals surface area contributed by atoms with Crippen LogP contribution in [0.4, 0.5) is 0 Å². The highest BCUT2D eigenvalue weighted by atomic mass is 14.9. The molecule has 1 aromatic carbocycles. The van der Waals surface area contributed by atoms with Gasteiger partial charge >= 0.3 is 0 Å². The predicted molar refractivity (Wildman–Crippen MR) is 69.8 cm³/mol. The highest BCUT2D eigenvalue weighted by molar-refractivity contribution is 5.74. The molecule has 3 heteroatoms. The maximum atomic E-state index is 5.73. The molecule has 3 N–H and O–H groups in total. The molecule has 1 aliphatic rings. The summed E-state index contributed by atoms with van der Waals surface area (Å²) in [7, 11) is 0. The van der Waals surface area contributed by atoms with Crippen molar-refractivity contribution < 1.29 is 0 Å². The Balaban J connectivity index is 1.80. The van der Waals surface area contributed by atoms with Gasteiger partial charge in [-0.15, -0.1) is 0 Å². The molecule has 0 aliphatic heterocycles. The normalized spacial score (nSPS) is 25.2. The molecule has 0 amide bonds. The lowest BCUT2D eigenvalue weighted by atomic mass is 9.82. The number of hydrogen-bond donors (Lipinski definition) is 2. The van der Waals surface area contributed by atoms with Crippen LogP contribution >= 0.6 is 0 Å². The zero-order valence-electron chi connectivity index (χ0n) is 10.0. The van der Waals surface area contributed by atoms with Gasteiger partial charge in [-0.1, -0.05) is 12.1 Å². The zero-order chi connectivity index (χ0) is 11.7. The molecular formula is C14H19N3. The second-order valence-electron chi connectivity index (χ2n) is 5.09. The first-order valence-electron chi connectivity index (χ1n) is 6.51. The van der Waals surface area contributed by atoms with Gasteiger partial charge in [0.1, 0.15) is 5.82 Å². The summed E-state index contributed by atoms with van der Waals surface area (Å²) in [6.45, 7) is 0.840. The number of H-pyrrole nitrogens is 1. The van der Waals surface area contributed by atoms with Gasteiger partial charge in [-0.25, -0.2) is 4.98 Å². The van der Waals surface area contributed by atoms with Crippen LogP contribution in [0, 0.1) is 5.92 Å². The summed E-state index contributed by atoms with van der Waals surface area (Å²) in [5.74, 6) is 2.50. The van der Waals surface area contributed by atoms with Crippen LogP contribution in [0.15, 0.2) is 24.3 Å². The van der Waals surface area contributed by atoms with Gasteiger partial charge in [0.05, 0.1) is 11.0 Å². The van der Waals surface area contributed by atoms with Crippen molar-refractivity contribution in [2.24, 2.45) is 11.7 Å². The minimum absolute atomic E-state index is 0.602. The summed E-state index contributed by atoms with van der Waals surface area (Å²) in [4.78, 5) is 8.16. The zero-order valence-corrected chi connectivity index (χ0v) is 10.0. The lowest BCUT2D eigenvalue weighted by Gasteiger charge is -2.26. The minimum Gasteiger partial charge on any atom is -0.342 e. The molecule has 1 fully saturated rings. The molecule has 2 aromatic rings. The number of aromatic amines is 1. The molecule has 1 aliphatic carbocycles. The summed E-state index contributed by atoms with van der Waals surface area (Å²) in [6.07, 6.45) is 4.94. The van der Waals surface area contributed by atoms with E-state index in [1.165, 1.54) is 31.5 Å². The Bertz CT molecular complexity index is 462. The Labute approximate surface area is 101 Å². The number of fused-ring (bicyclic) bond motifs is 1. The third-order valence-corrected chi connectivity index (χ3v) is 3.97. The number of hydrogen-bond acceptors (Lipinski definition) is 2. The van der Waals surface area contributed by atoms with Crippen LogP contribution in [0.1, 0.15) is 37.4 Å². The Morgan fingerprint density at radius 3 is 2.65 bits per heavy atom. The van der Waals surface area contributed by atoms with Gasteiger partial charge in [0.15, 0.2) is 0 Å². The fourth-order valence-electron chi connectivity index (χ4n) is 2.84. The van der Waals surface area contributed by atoms with Gasteiger partial charge < -0.3 is 10.7 Å². The van der Waals surface area contributed by atoms with E-state index in [-0.39, 0.29) is 0 Å². The molecule has 0 atom stereocenters. The van der Waals surface area contributed by atoms with E-state index in [1.807, 2.05) is 6.07 Å². The minimum atomic E-state index is 0.602. The Morgan fingerprint density at radius 1 is 1.18 bits per heavy atom. The van der Waals surface area contributed by atoms with Gasteiger partial charge in [0.25, 0.3) is 0 Å². The van der Waals surface area contributed by atoms with Crippen molar-refractivity contribution in [2.75, 3.05) is 6.54 Å². The van der Waals surface area contributed by atoms with E-state index in [2.05, 4.69) is 23.2 Å². The van der Waals surface area contributed by atoms with Gasteiger partial charge in [-0.2, -0.15) is 0 Å². The first-order valence-corrected chi connectivity index (χ1v) is 6.51. The molecule has 0 unspecified atom stereocenters. The number of benzene rings is 1. The highest BCUT2D eigenvalue weighted by Gasteiger charge is 2.23. The molecule has 3 rings (SSSR count). The van der Waals surface area contributed by atoms with Crippen molar-refractivity contribution >= 4 is 11.0 Å². The summed E-state index contributed by atoms with van der Waals surface area (Å²) < 4.78 is 0. The molecular weight excluding hydrogens is 210 g/mol. The topological polar surface area (TPSA) is 54.7 Å². The Kier molecular flexibility index (Phi) is 2.85. The fraction of sp³-hybridized carbons (Fsp3) is 0.500. The first-order chi connectivity index (χ1) is 8.36. The second-order valence-corrected chi connectivity index (χ2v) is 5.09. The number of nitrogens with two attached hydrogens (primary N) is 1. The van der Waals surface area contributed by atoms with Crippen LogP contribution < -0.4 is 5.73 Å². The predicted octanol–water partition coefficient (Wildman–Crippen LogP) is 2.80. The quantitative estimate of drug-likeness (QED) is 0.832. The van der Waals surface area contributed by atoms with E-state index >= 15 is 0 Å². The van der Waals surface area contributed by atoms with E-state index in [0.29, 0.717) is 5.92 Å². The third-order valence-electron chi connectivity index (χ3n) is 3.97. The molecule has 3 nitrogen and oxygen atoms in total. The van der Waals surface area contributed by atoms with Crippen LogP contribution in [-0.4, -0.2) is 16.5 Å². The number of rotatable bonds is 2. The summed E-state index contributed by atoms with van der Waals surface area (Å²) in [5.41, 5.74) is 7.97. The molecule has 0 radical (unpaired) electrons. The van der Waals surface area contributed by atoms with Crippen LogP contribution in [0.5, 0.6) is 0 Å². The molecule has 1 saturated carbocycles. The summed E-state index contributed by atoms with van der Waals surface area (Å²) in [5, 5.41) is 0. The Morgan fingerprint density at radius 2 is 1.94 bits per heavy atom. The molecule has 0 bridgehead atoms. The third kappa shape index (κ3) is 2.07. The van der Waals surface area contributed by atoms with Crippen molar-refractivity contribution in [3.05, 3.63) is 30.1 Å². The van der Waals surface area contributed by atoms with E-state index in [0.717, 1.165) is 23.5 Å². The van der Waals surface area contributed by atoms with Crippen LogP contribution in [-0.2, 0) is 0 Å². The maximum absolute atomic E-state index is 5.73. The van der Waals surface area contributed by atoms with Gasteiger partial charge in [0.2, 0.25) is 0 Å². The van der Waals surface area contributed by atoms with Crippen LogP contribution in [0.25, 0.3) is 11.0 Å². The van der Waals surface area contributed by atoms with Gasteiger partial charge in [0, 0.05) is 5.92 Å². The summed E-state index contributed by atoms with van der Waals surface area (Å²) >= 11 is 0. The monoisotopic (exact) mass is 229 g/mol. The molecule has 17 heavy (non-hydrogen) atoms. The number of nitrogens with zero attached hydrogens (tertiary/aromatic N) is 1. The van der Waals surface area contributed by atoms with Crippen LogP contribution in [0.2, 0.25) is 0 Å². The number of imidazole rings is 1. The largest absolute Gasteiger partial charge is 0.342 e. The standard InChI is InChI=1S/C14H19N3/c15-9-10-5-7-11(8-6-10)14-16-12-3-1-2-4-13(12)17-14/h1-4,10-11H,5-9,15H2,(H,16,17)/t10-,11-. The average molecular weight is 229 g/mol.